The Morgan fingerprint density at radius 2 is 2.00 bits per heavy atom. The van der Waals surface area contributed by atoms with Crippen LogP contribution < -0.4 is 11.1 Å². The maximum Gasteiger partial charge on any atom is 0.257 e. The summed E-state index contributed by atoms with van der Waals surface area (Å²) in [5.74, 6) is -1.01. The van der Waals surface area contributed by atoms with E-state index in [9.17, 15) is 9.18 Å². The third-order valence-electron chi connectivity index (χ3n) is 2.44. The normalized spacial score (nSPS) is 10.3. The first-order chi connectivity index (χ1) is 8.97. The molecule has 0 fully saturated rings. The van der Waals surface area contributed by atoms with Crippen molar-refractivity contribution in [1.82, 2.24) is 0 Å². The van der Waals surface area contributed by atoms with Gasteiger partial charge in [0, 0.05) is 15.8 Å². The minimum absolute atomic E-state index is 0.0824. The van der Waals surface area contributed by atoms with Gasteiger partial charge in [0.05, 0.1) is 10.6 Å². The fourth-order valence-electron chi connectivity index (χ4n) is 1.50. The average molecular weight is 344 g/mol. The maximum absolute atomic E-state index is 13.1. The van der Waals surface area contributed by atoms with Crippen LogP contribution in [0, 0.1) is 5.82 Å². The van der Waals surface area contributed by atoms with Crippen LogP contribution in [0.25, 0.3) is 0 Å². The summed E-state index contributed by atoms with van der Waals surface area (Å²) in [6, 6.07) is 8.59. The Morgan fingerprint density at radius 1 is 1.26 bits per heavy atom. The number of hydrogen-bond donors (Lipinski definition) is 2. The highest BCUT2D eigenvalue weighted by molar-refractivity contribution is 9.10. The molecule has 0 aliphatic rings. The van der Waals surface area contributed by atoms with E-state index < -0.39 is 11.7 Å². The fourth-order valence-corrected chi connectivity index (χ4v) is 1.92. The first-order valence-electron chi connectivity index (χ1n) is 5.29. The molecule has 3 nitrogen and oxygen atoms in total. The van der Waals surface area contributed by atoms with Crippen molar-refractivity contribution >= 4 is 44.8 Å². The second-order valence-corrected chi connectivity index (χ2v) is 5.08. The molecule has 2 aromatic rings. The molecule has 0 atom stereocenters. The van der Waals surface area contributed by atoms with Gasteiger partial charge in [0.25, 0.3) is 5.91 Å². The lowest BCUT2D eigenvalue weighted by atomic mass is 10.1. The number of rotatable bonds is 2. The van der Waals surface area contributed by atoms with Gasteiger partial charge >= 0.3 is 0 Å². The number of nitrogens with one attached hydrogen (secondary N) is 1. The molecule has 0 saturated heterocycles. The summed E-state index contributed by atoms with van der Waals surface area (Å²) in [7, 11) is 0. The molecule has 0 spiro atoms. The number of nitrogen functional groups attached to an aromatic ring is 1. The third-order valence-corrected chi connectivity index (χ3v) is 3.67. The summed E-state index contributed by atoms with van der Waals surface area (Å²) in [6.07, 6.45) is 0. The molecule has 1 amide bonds. The van der Waals surface area contributed by atoms with Gasteiger partial charge in [0.1, 0.15) is 5.82 Å². The van der Waals surface area contributed by atoms with Crippen LogP contribution in [0.5, 0.6) is 0 Å². The standard InChI is InChI=1S/C13H9BrClFN2O/c14-10-3-2-8(6-11(10)15)18-13(19)9-5-7(16)1-4-12(9)17/h1-6H,17H2,(H,18,19). The van der Waals surface area contributed by atoms with E-state index >= 15 is 0 Å². The Labute approximate surface area is 122 Å². The Bertz CT molecular complexity index is 649. The van der Waals surface area contributed by atoms with Crippen LogP contribution in [0.1, 0.15) is 10.4 Å². The first-order valence-corrected chi connectivity index (χ1v) is 6.46. The molecular formula is C13H9BrClFN2O. The number of hydrogen-bond acceptors (Lipinski definition) is 2. The summed E-state index contributed by atoms with van der Waals surface area (Å²) in [6.45, 7) is 0. The van der Waals surface area contributed by atoms with E-state index in [4.69, 9.17) is 17.3 Å². The van der Waals surface area contributed by atoms with Crippen molar-refractivity contribution in [2.24, 2.45) is 0 Å². The highest BCUT2D eigenvalue weighted by Gasteiger charge is 2.11. The maximum atomic E-state index is 13.1. The van der Waals surface area contributed by atoms with Gasteiger partial charge in [-0.25, -0.2) is 4.39 Å². The Morgan fingerprint density at radius 3 is 2.68 bits per heavy atom. The van der Waals surface area contributed by atoms with Crippen molar-refractivity contribution in [2.45, 2.75) is 0 Å². The molecule has 3 N–H and O–H groups in total. The van der Waals surface area contributed by atoms with Crippen molar-refractivity contribution in [3.05, 3.63) is 57.3 Å². The summed E-state index contributed by atoms with van der Waals surface area (Å²) in [4.78, 5) is 12.0. The Kier molecular flexibility index (Phi) is 4.07. The second-order valence-electron chi connectivity index (χ2n) is 3.81. The van der Waals surface area contributed by atoms with Crippen LogP contribution in [0.4, 0.5) is 15.8 Å². The van der Waals surface area contributed by atoms with E-state index in [1.165, 1.54) is 12.1 Å². The van der Waals surface area contributed by atoms with E-state index in [0.717, 1.165) is 10.5 Å². The van der Waals surface area contributed by atoms with E-state index in [2.05, 4.69) is 21.2 Å². The molecule has 0 unspecified atom stereocenters. The third kappa shape index (κ3) is 3.24. The average Bonchev–Trinajstić information content (AvgIpc) is 2.36. The number of benzene rings is 2. The van der Waals surface area contributed by atoms with Gasteiger partial charge < -0.3 is 11.1 Å². The molecule has 0 bridgehead atoms. The summed E-state index contributed by atoms with van der Waals surface area (Å²) >= 11 is 9.16. The summed E-state index contributed by atoms with van der Waals surface area (Å²) in [5.41, 5.74) is 6.43. The smallest absolute Gasteiger partial charge is 0.257 e. The monoisotopic (exact) mass is 342 g/mol. The van der Waals surface area contributed by atoms with E-state index in [-0.39, 0.29) is 11.3 Å². The van der Waals surface area contributed by atoms with Gasteiger partial charge in [-0.15, -0.1) is 0 Å². The predicted octanol–water partition coefficient (Wildman–Crippen LogP) is 4.08. The number of carbonyl (C=O) groups excluding carboxylic acids is 1. The molecule has 2 rings (SSSR count). The van der Waals surface area contributed by atoms with Crippen LogP contribution in [0.15, 0.2) is 40.9 Å². The van der Waals surface area contributed by atoms with Gasteiger partial charge in [-0.2, -0.15) is 0 Å². The van der Waals surface area contributed by atoms with Crippen molar-refractivity contribution in [2.75, 3.05) is 11.1 Å². The van der Waals surface area contributed by atoms with Crippen molar-refractivity contribution in [3.63, 3.8) is 0 Å². The SMILES string of the molecule is Nc1ccc(F)cc1C(=O)Nc1ccc(Br)c(Cl)c1. The Balaban J connectivity index is 2.25. The van der Waals surface area contributed by atoms with Crippen LogP contribution in [0.3, 0.4) is 0 Å². The number of anilines is 2. The van der Waals surface area contributed by atoms with Crippen molar-refractivity contribution < 1.29 is 9.18 Å². The largest absolute Gasteiger partial charge is 0.398 e. The van der Waals surface area contributed by atoms with E-state index in [1.807, 2.05) is 0 Å². The van der Waals surface area contributed by atoms with E-state index in [1.54, 1.807) is 18.2 Å². The van der Waals surface area contributed by atoms with Gasteiger partial charge in [-0.3, -0.25) is 4.79 Å². The lowest BCUT2D eigenvalue weighted by molar-refractivity contribution is 0.102. The number of amides is 1. The highest BCUT2D eigenvalue weighted by atomic mass is 79.9. The minimum Gasteiger partial charge on any atom is -0.398 e. The van der Waals surface area contributed by atoms with Crippen molar-refractivity contribution in [3.8, 4) is 0 Å². The van der Waals surface area contributed by atoms with Crippen LogP contribution in [0.2, 0.25) is 5.02 Å². The number of halogens is 3. The second kappa shape index (κ2) is 5.59. The lowest BCUT2D eigenvalue weighted by Crippen LogP contribution is -2.14. The highest BCUT2D eigenvalue weighted by Crippen LogP contribution is 2.26. The van der Waals surface area contributed by atoms with E-state index in [0.29, 0.717) is 10.7 Å². The van der Waals surface area contributed by atoms with Gasteiger partial charge in [0.2, 0.25) is 0 Å². The lowest BCUT2D eigenvalue weighted by Gasteiger charge is -2.08. The zero-order chi connectivity index (χ0) is 14.0. The molecule has 0 aliphatic carbocycles. The van der Waals surface area contributed by atoms with Crippen LogP contribution in [-0.2, 0) is 0 Å². The molecule has 0 aliphatic heterocycles. The predicted molar refractivity (Wildman–Crippen MR) is 77.9 cm³/mol. The van der Waals surface area contributed by atoms with Gasteiger partial charge in [-0.05, 0) is 52.3 Å². The molecule has 0 radical (unpaired) electrons. The number of carbonyl (C=O) groups is 1. The molecule has 19 heavy (non-hydrogen) atoms. The quantitative estimate of drug-likeness (QED) is 0.807. The fraction of sp³-hybridized carbons (Fsp3) is 0. The topological polar surface area (TPSA) is 55.1 Å². The molecular weight excluding hydrogens is 335 g/mol. The molecule has 0 aromatic heterocycles. The minimum atomic E-state index is -0.520. The molecule has 98 valence electrons. The van der Waals surface area contributed by atoms with Crippen LogP contribution >= 0.6 is 27.5 Å². The molecule has 6 heteroatoms. The van der Waals surface area contributed by atoms with Gasteiger partial charge in [0.15, 0.2) is 0 Å². The number of nitrogens with two attached hydrogens (primary N) is 1. The van der Waals surface area contributed by atoms with Gasteiger partial charge in [-0.1, -0.05) is 11.6 Å². The summed E-state index contributed by atoms with van der Waals surface area (Å²) in [5, 5.41) is 3.07. The zero-order valence-corrected chi connectivity index (χ0v) is 11.9. The van der Waals surface area contributed by atoms with Crippen molar-refractivity contribution in [1.29, 1.82) is 0 Å². The summed E-state index contributed by atoms with van der Waals surface area (Å²) < 4.78 is 13.8. The Hall–Kier alpha value is -1.59. The molecule has 0 saturated carbocycles. The molecule has 0 heterocycles. The molecule has 2 aromatic carbocycles. The van der Waals surface area contributed by atoms with Crippen LogP contribution in [-0.4, -0.2) is 5.91 Å². The zero-order valence-electron chi connectivity index (χ0n) is 9.58. The first kappa shape index (κ1) is 13.8.